The normalized spacial score (nSPS) is 9.69. The Balaban J connectivity index is 3.63. The van der Waals surface area contributed by atoms with Crippen molar-refractivity contribution >= 4 is 23.2 Å². The van der Waals surface area contributed by atoms with Crippen molar-refractivity contribution in [3.63, 3.8) is 0 Å². The van der Waals surface area contributed by atoms with Crippen LogP contribution in [0.4, 0.5) is 0 Å². The number of carboxylic acids is 1. The summed E-state index contributed by atoms with van der Waals surface area (Å²) in [6, 6.07) is 0. The van der Waals surface area contributed by atoms with E-state index in [1.54, 1.807) is 11.9 Å². The van der Waals surface area contributed by atoms with E-state index in [1.807, 2.05) is 0 Å². The lowest BCUT2D eigenvalue weighted by Gasteiger charge is -2.17. The van der Waals surface area contributed by atoms with Crippen LogP contribution in [0.3, 0.4) is 0 Å². The van der Waals surface area contributed by atoms with Crippen molar-refractivity contribution in [2.45, 2.75) is 32.6 Å². The van der Waals surface area contributed by atoms with Crippen molar-refractivity contribution < 1.29 is 9.90 Å². The van der Waals surface area contributed by atoms with E-state index in [1.165, 1.54) is 0 Å². The molecular weight excluding hydrogens is 186 g/mol. The van der Waals surface area contributed by atoms with E-state index in [0.29, 0.717) is 0 Å². The molecule has 0 aliphatic rings. The molecule has 0 spiro atoms. The van der Waals surface area contributed by atoms with Crippen LogP contribution in [0.1, 0.15) is 32.6 Å². The molecule has 0 aromatic heterocycles. The van der Waals surface area contributed by atoms with Gasteiger partial charge in [0.15, 0.2) is 0 Å². The standard InChI is InChI=1S/C9H17NO2S/c1-3-4-5-6-8(13)10(2)7-9(11)12/h3-7H2,1-2H3,(H,11,12). The van der Waals surface area contributed by atoms with E-state index < -0.39 is 5.97 Å². The lowest BCUT2D eigenvalue weighted by molar-refractivity contribution is -0.137. The van der Waals surface area contributed by atoms with E-state index in [0.717, 1.165) is 30.7 Å². The molecule has 0 amide bonds. The highest BCUT2D eigenvalue weighted by molar-refractivity contribution is 7.80. The molecule has 0 radical (unpaired) electrons. The van der Waals surface area contributed by atoms with Crippen molar-refractivity contribution in [2.24, 2.45) is 0 Å². The monoisotopic (exact) mass is 203 g/mol. The van der Waals surface area contributed by atoms with E-state index in [-0.39, 0.29) is 6.54 Å². The molecule has 0 aliphatic carbocycles. The number of likely N-dealkylation sites (N-methyl/N-ethyl adjacent to an activating group) is 1. The first-order valence-electron chi connectivity index (χ1n) is 4.53. The average molecular weight is 203 g/mol. The fraction of sp³-hybridized carbons (Fsp3) is 0.778. The third-order valence-electron chi connectivity index (χ3n) is 1.79. The van der Waals surface area contributed by atoms with Gasteiger partial charge in [0.1, 0.15) is 6.54 Å². The number of rotatable bonds is 6. The van der Waals surface area contributed by atoms with Gasteiger partial charge in [-0.15, -0.1) is 0 Å². The van der Waals surface area contributed by atoms with E-state index in [2.05, 4.69) is 6.92 Å². The Labute approximate surface area is 84.7 Å². The van der Waals surface area contributed by atoms with Crippen LogP contribution in [-0.2, 0) is 4.79 Å². The highest BCUT2D eigenvalue weighted by atomic mass is 32.1. The maximum atomic E-state index is 10.3. The fourth-order valence-corrected chi connectivity index (χ4v) is 1.22. The third kappa shape index (κ3) is 6.51. The number of hydrogen-bond donors (Lipinski definition) is 1. The van der Waals surface area contributed by atoms with Gasteiger partial charge in [-0.05, 0) is 12.8 Å². The smallest absolute Gasteiger partial charge is 0.323 e. The lowest BCUT2D eigenvalue weighted by atomic mass is 10.2. The average Bonchev–Trinajstić information content (AvgIpc) is 2.03. The number of carbonyl (C=O) groups is 1. The minimum absolute atomic E-state index is 0.00492. The Hall–Kier alpha value is -0.640. The molecule has 76 valence electrons. The van der Waals surface area contributed by atoms with Gasteiger partial charge < -0.3 is 10.0 Å². The molecule has 1 N–H and O–H groups in total. The van der Waals surface area contributed by atoms with Crippen LogP contribution in [0.2, 0.25) is 0 Å². The number of hydrogen-bond acceptors (Lipinski definition) is 2. The topological polar surface area (TPSA) is 40.5 Å². The molecule has 4 heteroatoms. The Morgan fingerprint density at radius 1 is 1.46 bits per heavy atom. The highest BCUT2D eigenvalue weighted by Crippen LogP contribution is 2.03. The molecule has 0 rings (SSSR count). The molecular formula is C9H17NO2S. The Morgan fingerprint density at radius 2 is 2.08 bits per heavy atom. The summed E-state index contributed by atoms with van der Waals surface area (Å²) < 4.78 is 0. The molecule has 0 bridgehead atoms. The van der Waals surface area contributed by atoms with Crippen LogP contribution in [0.25, 0.3) is 0 Å². The Morgan fingerprint density at radius 3 is 2.54 bits per heavy atom. The molecule has 0 aromatic rings. The first kappa shape index (κ1) is 12.4. The SMILES string of the molecule is CCCCCC(=S)N(C)CC(=O)O. The van der Waals surface area contributed by atoms with Gasteiger partial charge in [-0.2, -0.15) is 0 Å². The summed E-state index contributed by atoms with van der Waals surface area (Å²) in [6.45, 7) is 2.13. The summed E-state index contributed by atoms with van der Waals surface area (Å²) in [5.41, 5.74) is 0. The zero-order valence-electron chi connectivity index (χ0n) is 8.25. The van der Waals surface area contributed by atoms with Gasteiger partial charge in [-0.25, -0.2) is 0 Å². The molecule has 0 atom stereocenters. The second-order valence-electron chi connectivity index (χ2n) is 3.10. The number of unbranched alkanes of at least 4 members (excludes halogenated alkanes) is 2. The van der Waals surface area contributed by atoms with Crippen LogP contribution >= 0.6 is 12.2 Å². The van der Waals surface area contributed by atoms with Gasteiger partial charge in [0.2, 0.25) is 0 Å². The number of aliphatic carboxylic acids is 1. The van der Waals surface area contributed by atoms with E-state index in [4.69, 9.17) is 17.3 Å². The van der Waals surface area contributed by atoms with E-state index in [9.17, 15) is 4.79 Å². The predicted molar refractivity (Wildman–Crippen MR) is 57.0 cm³/mol. The molecule has 0 unspecified atom stereocenters. The number of nitrogens with zero attached hydrogens (tertiary/aromatic N) is 1. The third-order valence-corrected chi connectivity index (χ3v) is 2.31. The van der Waals surface area contributed by atoms with Crippen LogP contribution in [0, 0.1) is 0 Å². The quantitative estimate of drug-likeness (QED) is 0.529. The molecule has 0 fully saturated rings. The molecule has 0 saturated carbocycles. The van der Waals surface area contributed by atoms with Gasteiger partial charge in [0, 0.05) is 7.05 Å². The van der Waals surface area contributed by atoms with Gasteiger partial charge in [0.05, 0.1) is 4.99 Å². The zero-order chi connectivity index (χ0) is 10.3. The zero-order valence-corrected chi connectivity index (χ0v) is 9.06. The second kappa shape index (κ2) is 6.83. The fourth-order valence-electron chi connectivity index (χ4n) is 1.01. The molecule has 0 aliphatic heterocycles. The van der Waals surface area contributed by atoms with Crippen molar-refractivity contribution in [1.29, 1.82) is 0 Å². The molecule has 0 aromatic carbocycles. The first-order valence-corrected chi connectivity index (χ1v) is 4.94. The van der Waals surface area contributed by atoms with Crippen LogP contribution in [-0.4, -0.2) is 34.6 Å². The summed E-state index contributed by atoms with van der Waals surface area (Å²) in [7, 11) is 1.72. The summed E-state index contributed by atoms with van der Waals surface area (Å²) in [5.74, 6) is -0.833. The largest absolute Gasteiger partial charge is 0.480 e. The Bertz CT molecular complexity index is 182. The van der Waals surface area contributed by atoms with E-state index >= 15 is 0 Å². The number of carboxylic acid groups (broad SMARTS) is 1. The summed E-state index contributed by atoms with van der Waals surface area (Å²) in [6.07, 6.45) is 4.19. The first-order chi connectivity index (χ1) is 6.07. The van der Waals surface area contributed by atoms with Crippen LogP contribution < -0.4 is 0 Å². The lowest BCUT2D eigenvalue weighted by Crippen LogP contribution is -2.30. The summed E-state index contributed by atoms with van der Waals surface area (Å²) >= 11 is 5.07. The molecule has 0 heterocycles. The predicted octanol–water partition coefficient (Wildman–Crippen LogP) is 1.91. The second-order valence-corrected chi connectivity index (χ2v) is 3.57. The molecule has 13 heavy (non-hydrogen) atoms. The van der Waals surface area contributed by atoms with Gasteiger partial charge >= 0.3 is 5.97 Å². The van der Waals surface area contributed by atoms with Crippen LogP contribution in [0.15, 0.2) is 0 Å². The summed E-state index contributed by atoms with van der Waals surface area (Å²) in [4.78, 5) is 12.7. The van der Waals surface area contributed by atoms with Gasteiger partial charge in [-0.3, -0.25) is 4.79 Å². The highest BCUT2D eigenvalue weighted by Gasteiger charge is 2.07. The van der Waals surface area contributed by atoms with Crippen LogP contribution in [0.5, 0.6) is 0 Å². The Kier molecular flexibility index (Phi) is 6.49. The number of thiocarbonyl (C=S) groups is 1. The van der Waals surface area contributed by atoms with Crippen molar-refractivity contribution in [2.75, 3.05) is 13.6 Å². The minimum atomic E-state index is -0.833. The van der Waals surface area contributed by atoms with Crippen molar-refractivity contribution in [3.05, 3.63) is 0 Å². The maximum absolute atomic E-state index is 10.3. The van der Waals surface area contributed by atoms with Crippen molar-refractivity contribution in [3.8, 4) is 0 Å². The van der Waals surface area contributed by atoms with Gasteiger partial charge in [0.25, 0.3) is 0 Å². The minimum Gasteiger partial charge on any atom is -0.480 e. The summed E-state index contributed by atoms with van der Waals surface area (Å²) in [5, 5.41) is 8.50. The molecule has 0 saturated heterocycles. The van der Waals surface area contributed by atoms with Crippen molar-refractivity contribution in [1.82, 2.24) is 4.90 Å². The van der Waals surface area contributed by atoms with Gasteiger partial charge in [-0.1, -0.05) is 32.0 Å². The molecule has 3 nitrogen and oxygen atoms in total. The maximum Gasteiger partial charge on any atom is 0.323 e.